The second-order valence-electron chi connectivity index (χ2n) is 4.78. The SMILES string of the molecule is CNCc1oc(CN(C)Cc2csc(Br)c2)cc1C. The molecule has 2 aromatic heterocycles. The van der Waals surface area contributed by atoms with E-state index in [2.05, 4.69) is 57.6 Å². The molecule has 0 bridgehead atoms. The van der Waals surface area contributed by atoms with Crippen molar-refractivity contribution in [3.05, 3.63) is 43.9 Å². The van der Waals surface area contributed by atoms with E-state index >= 15 is 0 Å². The molecule has 0 fully saturated rings. The molecule has 0 spiro atoms. The molecule has 0 radical (unpaired) electrons. The van der Waals surface area contributed by atoms with Crippen LogP contribution >= 0.6 is 27.3 Å². The van der Waals surface area contributed by atoms with Crippen LogP contribution in [0.3, 0.4) is 0 Å². The largest absolute Gasteiger partial charge is 0.463 e. The van der Waals surface area contributed by atoms with Crippen LogP contribution in [0.15, 0.2) is 25.7 Å². The second kappa shape index (κ2) is 6.70. The fraction of sp³-hybridized carbons (Fsp3) is 0.429. The molecule has 0 aliphatic carbocycles. The molecule has 19 heavy (non-hydrogen) atoms. The van der Waals surface area contributed by atoms with Crippen molar-refractivity contribution < 1.29 is 4.42 Å². The third-order valence-corrected chi connectivity index (χ3v) is 4.46. The minimum atomic E-state index is 0.785. The Morgan fingerprint density at radius 3 is 2.79 bits per heavy atom. The van der Waals surface area contributed by atoms with E-state index in [-0.39, 0.29) is 0 Å². The summed E-state index contributed by atoms with van der Waals surface area (Å²) in [5, 5.41) is 5.30. The summed E-state index contributed by atoms with van der Waals surface area (Å²) in [5.74, 6) is 2.06. The first-order valence-corrected chi connectivity index (χ1v) is 7.90. The number of furan rings is 1. The number of thiophene rings is 1. The molecule has 0 aromatic carbocycles. The van der Waals surface area contributed by atoms with E-state index in [1.165, 1.54) is 14.9 Å². The van der Waals surface area contributed by atoms with Crippen LogP contribution in [0.25, 0.3) is 0 Å². The Balaban J connectivity index is 1.94. The lowest BCUT2D eigenvalue weighted by Crippen LogP contribution is -2.16. The summed E-state index contributed by atoms with van der Waals surface area (Å²) >= 11 is 5.22. The van der Waals surface area contributed by atoms with E-state index < -0.39 is 0 Å². The normalized spacial score (nSPS) is 11.4. The number of rotatable bonds is 6. The molecule has 0 unspecified atom stereocenters. The van der Waals surface area contributed by atoms with E-state index in [4.69, 9.17) is 4.42 Å². The number of halogens is 1. The average Bonchev–Trinajstić information content (AvgIpc) is 2.87. The van der Waals surface area contributed by atoms with Crippen LogP contribution in [0.4, 0.5) is 0 Å². The van der Waals surface area contributed by atoms with Gasteiger partial charge in [-0.15, -0.1) is 11.3 Å². The highest BCUT2D eigenvalue weighted by Gasteiger charge is 2.10. The van der Waals surface area contributed by atoms with Gasteiger partial charge >= 0.3 is 0 Å². The zero-order chi connectivity index (χ0) is 13.8. The van der Waals surface area contributed by atoms with Crippen molar-refractivity contribution in [3.63, 3.8) is 0 Å². The Morgan fingerprint density at radius 2 is 2.16 bits per heavy atom. The quantitative estimate of drug-likeness (QED) is 0.866. The van der Waals surface area contributed by atoms with Crippen molar-refractivity contribution in [2.75, 3.05) is 14.1 Å². The van der Waals surface area contributed by atoms with Crippen LogP contribution in [-0.4, -0.2) is 19.0 Å². The molecule has 104 valence electrons. The summed E-state index contributed by atoms with van der Waals surface area (Å²) < 4.78 is 7.04. The van der Waals surface area contributed by atoms with Gasteiger partial charge in [-0.05, 0) is 65.6 Å². The minimum absolute atomic E-state index is 0.785. The Kier molecular flexibility index (Phi) is 5.21. The summed E-state index contributed by atoms with van der Waals surface area (Å²) in [6.07, 6.45) is 0. The first-order chi connectivity index (χ1) is 9.08. The van der Waals surface area contributed by atoms with Crippen molar-refractivity contribution in [3.8, 4) is 0 Å². The lowest BCUT2D eigenvalue weighted by atomic mass is 10.2. The Bertz CT molecular complexity index is 535. The van der Waals surface area contributed by atoms with Gasteiger partial charge in [-0.2, -0.15) is 0 Å². The highest BCUT2D eigenvalue weighted by atomic mass is 79.9. The van der Waals surface area contributed by atoms with Gasteiger partial charge < -0.3 is 9.73 Å². The molecule has 0 saturated carbocycles. The predicted molar refractivity (Wildman–Crippen MR) is 83.4 cm³/mol. The van der Waals surface area contributed by atoms with Crippen LogP contribution in [0.1, 0.15) is 22.6 Å². The monoisotopic (exact) mass is 342 g/mol. The Morgan fingerprint density at radius 1 is 1.37 bits per heavy atom. The van der Waals surface area contributed by atoms with E-state index in [1.54, 1.807) is 11.3 Å². The molecular formula is C14H19BrN2OS. The molecule has 0 atom stereocenters. The Hall–Kier alpha value is -0.620. The van der Waals surface area contributed by atoms with Gasteiger partial charge in [0, 0.05) is 6.54 Å². The van der Waals surface area contributed by atoms with E-state index in [0.717, 1.165) is 31.2 Å². The maximum atomic E-state index is 5.86. The van der Waals surface area contributed by atoms with Crippen molar-refractivity contribution in [2.45, 2.75) is 26.6 Å². The fourth-order valence-corrected chi connectivity index (χ4v) is 3.27. The number of nitrogens with one attached hydrogen (secondary N) is 1. The van der Waals surface area contributed by atoms with E-state index in [0.29, 0.717) is 0 Å². The lowest BCUT2D eigenvalue weighted by molar-refractivity contribution is 0.283. The van der Waals surface area contributed by atoms with E-state index in [1.807, 2.05) is 7.05 Å². The topological polar surface area (TPSA) is 28.4 Å². The molecule has 0 amide bonds. The molecule has 2 aromatic rings. The lowest BCUT2D eigenvalue weighted by Gasteiger charge is -2.13. The zero-order valence-electron chi connectivity index (χ0n) is 11.5. The number of aryl methyl sites for hydroxylation is 1. The van der Waals surface area contributed by atoms with Crippen molar-refractivity contribution in [1.29, 1.82) is 0 Å². The van der Waals surface area contributed by atoms with Gasteiger partial charge in [0.1, 0.15) is 11.5 Å². The molecule has 0 aliphatic heterocycles. The van der Waals surface area contributed by atoms with Gasteiger partial charge in [0.2, 0.25) is 0 Å². The zero-order valence-corrected chi connectivity index (χ0v) is 13.9. The van der Waals surface area contributed by atoms with Crippen LogP contribution < -0.4 is 5.32 Å². The molecule has 2 heterocycles. The first-order valence-electron chi connectivity index (χ1n) is 6.22. The summed E-state index contributed by atoms with van der Waals surface area (Å²) in [5.41, 5.74) is 2.55. The average molecular weight is 343 g/mol. The van der Waals surface area contributed by atoms with Gasteiger partial charge in [-0.1, -0.05) is 0 Å². The minimum Gasteiger partial charge on any atom is -0.463 e. The third kappa shape index (κ3) is 4.18. The van der Waals surface area contributed by atoms with Gasteiger partial charge in [0.05, 0.1) is 16.9 Å². The highest BCUT2D eigenvalue weighted by Crippen LogP contribution is 2.22. The molecule has 3 nitrogen and oxygen atoms in total. The molecule has 5 heteroatoms. The van der Waals surface area contributed by atoms with Gasteiger partial charge in [-0.3, -0.25) is 4.90 Å². The summed E-state index contributed by atoms with van der Waals surface area (Å²) in [4.78, 5) is 2.26. The maximum absolute atomic E-state index is 5.86. The highest BCUT2D eigenvalue weighted by molar-refractivity contribution is 9.11. The summed E-state index contributed by atoms with van der Waals surface area (Å²) in [6, 6.07) is 4.30. The fourth-order valence-electron chi connectivity index (χ4n) is 2.07. The smallest absolute Gasteiger partial charge is 0.120 e. The van der Waals surface area contributed by atoms with Crippen LogP contribution in [-0.2, 0) is 19.6 Å². The molecular weight excluding hydrogens is 324 g/mol. The Labute approximate surface area is 126 Å². The predicted octanol–water partition coefficient (Wildman–Crippen LogP) is 3.76. The van der Waals surface area contributed by atoms with E-state index in [9.17, 15) is 0 Å². The van der Waals surface area contributed by atoms with Gasteiger partial charge in [0.15, 0.2) is 0 Å². The number of hydrogen-bond donors (Lipinski definition) is 1. The maximum Gasteiger partial charge on any atom is 0.120 e. The van der Waals surface area contributed by atoms with Crippen molar-refractivity contribution in [1.82, 2.24) is 10.2 Å². The third-order valence-electron chi connectivity index (χ3n) is 2.91. The number of nitrogens with zero attached hydrogens (tertiary/aromatic N) is 1. The molecule has 0 saturated heterocycles. The van der Waals surface area contributed by atoms with Crippen LogP contribution in [0, 0.1) is 6.92 Å². The van der Waals surface area contributed by atoms with Crippen molar-refractivity contribution >= 4 is 27.3 Å². The van der Waals surface area contributed by atoms with Crippen molar-refractivity contribution in [2.24, 2.45) is 0 Å². The van der Waals surface area contributed by atoms with Gasteiger partial charge in [0.25, 0.3) is 0 Å². The molecule has 1 N–H and O–H groups in total. The standard InChI is InChI=1S/C14H19BrN2OS/c1-10-4-12(18-13(10)6-16-2)8-17(3)7-11-5-14(15)19-9-11/h4-5,9,16H,6-8H2,1-3H3. The first kappa shape index (κ1) is 14.8. The summed E-state index contributed by atoms with van der Waals surface area (Å²) in [6.45, 7) is 4.64. The molecule has 2 rings (SSSR count). The number of hydrogen-bond acceptors (Lipinski definition) is 4. The van der Waals surface area contributed by atoms with Crippen LogP contribution in [0.5, 0.6) is 0 Å². The van der Waals surface area contributed by atoms with Gasteiger partial charge in [-0.25, -0.2) is 0 Å². The summed E-state index contributed by atoms with van der Waals surface area (Å²) in [7, 11) is 4.04. The van der Waals surface area contributed by atoms with Crippen LogP contribution in [0.2, 0.25) is 0 Å². The second-order valence-corrected chi connectivity index (χ2v) is 7.07. The molecule has 0 aliphatic rings.